The van der Waals surface area contributed by atoms with Gasteiger partial charge in [-0.15, -0.1) is 0 Å². The molecule has 6 rings (SSSR count). The van der Waals surface area contributed by atoms with Crippen LogP contribution in [-0.4, -0.2) is 50.3 Å². The minimum absolute atomic E-state index is 0.120. The highest BCUT2D eigenvalue weighted by atomic mass is 35.5. The van der Waals surface area contributed by atoms with Gasteiger partial charge in [0, 0.05) is 16.1 Å². The van der Waals surface area contributed by atoms with Crippen LogP contribution in [0.5, 0.6) is 5.75 Å². The first-order valence-electron chi connectivity index (χ1n) is 12.8. The zero-order valence-electron chi connectivity index (χ0n) is 22.1. The molecular formula is C27H24Cl6N4O5. The third kappa shape index (κ3) is 5.86. The Morgan fingerprint density at radius 3 is 1.48 bits per heavy atom. The number of fused-ring (bicyclic) bond motifs is 2. The van der Waals surface area contributed by atoms with Gasteiger partial charge in [0.1, 0.15) is 16.1 Å². The van der Waals surface area contributed by atoms with Crippen LogP contribution in [0.4, 0.5) is 0 Å². The monoisotopic (exact) mass is 694 g/mol. The van der Waals surface area contributed by atoms with Gasteiger partial charge in [-0.25, -0.2) is 9.36 Å². The van der Waals surface area contributed by atoms with Gasteiger partial charge in [-0.1, -0.05) is 69.6 Å². The molecule has 15 heteroatoms. The van der Waals surface area contributed by atoms with Gasteiger partial charge in [0.05, 0.1) is 78.8 Å². The molecule has 2 aromatic heterocycles. The molecule has 0 spiro atoms. The highest BCUT2D eigenvalue weighted by Crippen LogP contribution is 2.38. The summed E-state index contributed by atoms with van der Waals surface area (Å²) in [6, 6.07) is 6.18. The number of halogens is 6. The summed E-state index contributed by atoms with van der Waals surface area (Å²) in [7, 11) is 0. The zero-order chi connectivity index (χ0) is 30.3. The second kappa shape index (κ2) is 12.9. The van der Waals surface area contributed by atoms with E-state index >= 15 is 0 Å². The SMILES string of the molecule is Cc1cc(-c2c(Cl)n3n(c2=O)CCOCC3)c(Cl)cc1Cl.O=c1c(-c2cc(O)c(Cl)cc2Cl)c(Cl)n2n1CCOCC2. The Kier molecular flexibility index (Phi) is 9.61. The molecule has 2 aliphatic heterocycles. The third-order valence-electron chi connectivity index (χ3n) is 6.96. The fourth-order valence-electron chi connectivity index (χ4n) is 4.85. The van der Waals surface area contributed by atoms with Crippen LogP contribution in [0, 0.1) is 6.92 Å². The molecule has 42 heavy (non-hydrogen) atoms. The van der Waals surface area contributed by atoms with Gasteiger partial charge in [0.15, 0.2) is 0 Å². The summed E-state index contributed by atoms with van der Waals surface area (Å²) in [5, 5.41) is 11.8. The summed E-state index contributed by atoms with van der Waals surface area (Å²) < 4.78 is 17.2. The fourth-order valence-corrected chi connectivity index (χ4v) is 6.52. The first-order chi connectivity index (χ1) is 20.0. The number of hydrogen-bond acceptors (Lipinski definition) is 5. The normalized spacial score (nSPS) is 14.8. The smallest absolute Gasteiger partial charge is 0.276 e. The number of phenols is 1. The van der Waals surface area contributed by atoms with Gasteiger partial charge in [-0.05, 0) is 36.8 Å². The Hall–Kier alpha value is -2.08. The van der Waals surface area contributed by atoms with Gasteiger partial charge in [0.25, 0.3) is 11.1 Å². The molecular weight excluding hydrogens is 673 g/mol. The number of hydrogen-bond donors (Lipinski definition) is 1. The third-order valence-corrected chi connectivity index (χ3v) is 9.06. The average Bonchev–Trinajstić information content (AvgIpc) is 3.19. The first kappa shape index (κ1) is 31.3. The van der Waals surface area contributed by atoms with Crippen LogP contribution in [-0.2, 0) is 35.7 Å². The van der Waals surface area contributed by atoms with E-state index in [9.17, 15) is 14.7 Å². The number of aryl methyl sites for hydroxylation is 1. The highest BCUT2D eigenvalue weighted by molar-refractivity contribution is 6.39. The molecule has 1 N–H and O–H groups in total. The molecule has 224 valence electrons. The van der Waals surface area contributed by atoms with Crippen molar-refractivity contribution in [2.75, 3.05) is 26.4 Å². The summed E-state index contributed by atoms with van der Waals surface area (Å²) in [5.41, 5.74) is 2.08. The molecule has 2 aromatic carbocycles. The maximum Gasteiger partial charge on any atom is 0.276 e. The Morgan fingerprint density at radius 2 is 1.00 bits per heavy atom. The molecule has 0 bridgehead atoms. The summed E-state index contributed by atoms with van der Waals surface area (Å²) in [6.45, 7) is 5.71. The van der Waals surface area contributed by atoms with Crippen molar-refractivity contribution in [3.63, 3.8) is 0 Å². The van der Waals surface area contributed by atoms with Crippen molar-refractivity contribution in [3.05, 3.63) is 80.9 Å². The molecule has 2 aliphatic rings. The molecule has 0 aliphatic carbocycles. The van der Waals surface area contributed by atoms with Crippen molar-refractivity contribution in [2.24, 2.45) is 0 Å². The number of phenolic OH excluding ortho intramolecular Hbond substituents is 1. The number of ether oxygens (including phenoxy) is 2. The average molecular weight is 697 g/mol. The lowest BCUT2D eigenvalue weighted by Crippen LogP contribution is -2.23. The van der Waals surface area contributed by atoms with Crippen molar-refractivity contribution in [2.45, 2.75) is 33.1 Å². The van der Waals surface area contributed by atoms with Gasteiger partial charge < -0.3 is 14.6 Å². The lowest BCUT2D eigenvalue weighted by atomic mass is 10.1. The van der Waals surface area contributed by atoms with Crippen molar-refractivity contribution in [1.82, 2.24) is 18.7 Å². The van der Waals surface area contributed by atoms with Crippen LogP contribution in [0.25, 0.3) is 22.3 Å². The van der Waals surface area contributed by atoms with E-state index in [-0.39, 0.29) is 37.6 Å². The Balaban J connectivity index is 0.000000168. The van der Waals surface area contributed by atoms with Crippen LogP contribution < -0.4 is 11.1 Å². The summed E-state index contributed by atoms with van der Waals surface area (Å²) >= 11 is 37.0. The number of aromatic hydroxyl groups is 1. The van der Waals surface area contributed by atoms with E-state index in [4.69, 9.17) is 79.1 Å². The van der Waals surface area contributed by atoms with Gasteiger partial charge in [-0.2, -0.15) is 0 Å². The quantitative estimate of drug-likeness (QED) is 0.254. The number of nitrogens with zero attached hydrogens (tertiary/aromatic N) is 4. The molecule has 4 aromatic rings. The standard InChI is InChI=1S/C14H13Cl3N2O2.C13H11Cl3N2O3/c1-8-6-9(11(16)7-10(8)15)12-13(17)18-2-4-21-5-3-19(18)14(12)20;14-8-6-9(15)10(19)5-7(8)11-12(16)17-1-3-21-4-2-18(17)13(11)20/h6-7H,2-5H2,1H3;5-6,19H,1-4H2. The highest BCUT2D eigenvalue weighted by Gasteiger charge is 2.25. The number of aromatic nitrogens is 4. The van der Waals surface area contributed by atoms with Gasteiger partial charge >= 0.3 is 0 Å². The van der Waals surface area contributed by atoms with Crippen LogP contribution >= 0.6 is 69.6 Å². The first-order valence-corrected chi connectivity index (χ1v) is 15.1. The molecule has 0 atom stereocenters. The molecule has 0 amide bonds. The minimum atomic E-state index is -0.269. The molecule has 0 fully saturated rings. The van der Waals surface area contributed by atoms with E-state index in [2.05, 4.69) is 0 Å². The Morgan fingerprint density at radius 1 is 0.595 bits per heavy atom. The van der Waals surface area contributed by atoms with Crippen molar-refractivity contribution < 1.29 is 14.6 Å². The van der Waals surface area contributed by atoms with E-state index < -0.39 is 0 Å². The van der Waals surface area contributed by atoms with E-state index in [0.717, 1.165) is 5.56 Å². The molecule has 0 radical (unpaired) electrons. The molecule has 9 nitrogen and oxygen atoms in total. The lowest BCUT2D eigenvalue weighted by Gasteiger charge is -2.07. The molecule has 0 unspecified atom stereocenters. The zero-order valence-corrected chi connectivity index (χ0v) is 26.6. The maximum absolute atomic E-state index is 12.6. The second-order valence-electron chi connectivity index (χ2n) is 9.52. The largest absolute Gasteiger partial charge is 0.506 e. The van der Waals surface area contributed by atoms with E-state index in [0.29, 0.717) is 84.5 Å². The molecule has 0 saturated carbocycles. The van der Waals surface area contributed by atoms with E-state index in [1.807, 2.05) is 6.92 Å². The Bertz CT molecular complexity index is 1660. The lowest BCUT2D eigenvalue weighted by molar-refractivity contribution is 0.137. The van der Waals surface area contributed by atoms with Gasteiger partial charge in [0.2, 0.25) is 0 Å². The summed E-state index contributed by atoms with van der Waals surface area (Å²) in [4.78, 5) is 25.2. The topological polar surface area (TPSA) is 92.5 Å². The summed E-state index contributed by atoms with van der Waals surface area (Å²) in [6.07, 6.45) is 0. The van der Waals surface area contributed by atoms with Crippen molar-refractivity contribution >= 4 is 69.6 Å². The molecule has 0 saturated heterocycles. The van der Waals surface area contributed by atoms with Crippen molar-refractivity contribution in [3.8, 4) is 28.0 Å². The number of rotatable bonds is 2. The predicted molar refractivity (Wildman–Crippen MR) is 166 cm³/mol. The van der Waals surface area contributed by atoms with Crippen LogP contribution in [0.15, 0.2) is 33.9 Å². The maximum atomic E-state index is 12.6. The van der Waals surface area contributed by atoms with E-state index in [1.165, 1.54) is 16.8 Å². The molecule has 4 heterocycles. The minimum Gasteiger partial charge on any atom is -0.506 e. The fraction of sp³-hybridized carbons (Fsp3) is 0.333. The van der Waals surface area contributed by atoms with Gasteiger partial charge in [-0.3, -0.25) is 19.0 Å². The number of benzene rings is 2. The van der Waals surface area contributed by atoms with Crippen LogP contribution in [0.2, 0.25) is 30.4 Å². The summed E-state index contributed by atoms with van der Waals surface area (Å²) in [5.74, 6) is -0.152. The van der Waals surface area contributed by atoms with Crippen molar-refractivity contribution in [1.29, 1.82) is 0 Å². The Labute approximate surface area is 270 Å². The van der Waals surface area contributed by atoms with Crippen LogP contribution in [0.1, 0.15) is 5.56 Å². The van der Waals surface area contributed by atoms with Crippen LogP contribution in [0.3, 0.4) is 0 Å². The van der Waals surface area contributed by atoms with E-state index in [1.54, 1.807) is 26.2 Å². The second-order valence-corrected chi connectivity index (χ2v) is 11.9. The predicted octanol–water partition coefficient (Wildman–Crippen LogP) is 6.63.